The Kier molecular flexibility index (Phi) is 3.35. The summed E-state index contributed by atoms with van der Waals surface area (Å²) in [6, 6.07) is 7.63. The third-order valence-corrected chi connectivity index (χ3v) is 3.55. The van der Waals surface area contributed by atoms with Gasteiger partial charge in [0.05, 0.1) is 16.7 Å². The molecule has 1 atom stereocenters. The highest BCUT2D eigenvalue weighted by Gasteiger charge is 2.36. The van der Waals surface area contributed by atoms with Gasteiger partial charge < -0.3 is 10.6 Å². The summed E-state index contributed by atoms with van der Waals surface area (Å²) in [6.07, 6.45) is 0.826. The Morgan fingerprint density at radius 1 is 1.56 bits per heavy atom. The normalized spacial score (nSPS) is 22.5. The van der Waals surface area contributed by atoms with Crippen molar-refractivity contribution in [1.82, 2.24) is 5.32 Å². The minimum Gasteiger partial charge on any atom is -0.324 e. The lowest BCUT2D eigenvalue weighted by Gasteiger charge is -2.22. The van der Waals surface area contributed by atoms with Gasteiger partial charge in [-0.3, -0.25) is 4.79 Å². The smallest absolute Gasteiger partial charge is 0.231 e. The standard InChI is InChI=1S/C14H17N3O/c1-10-4-3-5-12(11(10)8-15)17-13(18)14(2)6-7-16-9-14/h3-5,16H,6-7,9H2,1-2H3,(H,17,18). The zero-order chi connectivity index (χ0) is 13.2. The average molecular weight is 243 g/mol. The zero-order valence-electron chi connectivity index (χ0n) is 10.7. The van der Waals surface area contributed by atoms with E-state index in [-0.39, 0.29) is 11.3 Å². The number of nitrogens with zero attached hydrogens (tertiary/aromatic N) is 1. The predicted molar refractivity (Wildman–Crippen MR) is 70.1 cm³/mol. The second-order valence-electron chi connectivity index (χ2n) is 5.05. The highest BCUT2D eigenvalue weighted by molar-refractivity contribution is 5.96. The Bertz CT molecular complexity index is 510. The number of carbonyl (C=O) groups is 1. The number of nitriles is 1. The Balaban J connectivity index is 2.22. The highest BCUT2D eigenvalue weighted by Crippen LogP contribution is 2.27. The molecule has 0 saturated carbocycles. The third kappa shape index (κ3) is 2.22. The van der Waals surface area contributed by atoms with Crippen molar-refractivity contribution in [2.75, 3.05) is 18.4 Å². The van der Waals surface area contributed by atoms with Crippen LogP contribution in [0.25, 0.3) is 0 Å². The van der Waals surface area contributed by atoms with Crippen LogP contribution in [0.15, 0.2) is 18.2 Å². The van der Waals surface area contributed by atoms with E-state index < -0.39 is 0 Å². The van der Waals surface area contributed by atoms with Crippen molar-refractivity contribution in [3.63, 3.8) is 0 Å². The summed E-state index contributed by atoms with van der Waals surface area (Å²) >= 11 is 0. The fourth-order valence-corrected chi connectivity index (χ4v) is 2.20. The molecule has 1 heterocycles. The molecule has 1 aliphatic rings. The largest absolute Gasteiger partial charge is 0.324 e. The SMILES string of the molecule is Cc1cccc(NC(=O)C2(C)CCNC2)c1C#N. The van der Waals surface area contributed by atoms with Gasteiger partial charge >= 0.3 is 0 Å². The van der Waals surface area contributed by atoms with Crippen LogP contribution in [0.2, 0.25) is 0 Å². The van der Waals surface area contributed by atoms with E-state index in [1.807, 2.05) is 26.0 Å². The zero-order valence-corrected chi connectivity index (χ0v) is 10.7. The van der Waals surface area contributed by atoms with Crippen LogP contribution in [-0.2, 0) is 4.79 Å². The molecule has 0 spiro atoms. The van der Waals surface area contributed by atoms with Gasteiger partial charge in [-0.2, -0.15) is 5.26 Å². The molecule has 1 unspecified atom stereocenters. The van der Waals surface area contributed by atoms with Gasteiger partial charge in [0.1, 0.15) is 6.07 Å². The van der Waals surface area contributed by atoms with Crippen LogP contribution in [0.3, 0.4) is 0 Å². The first-order valence-corrected chi connectivity index (χ1v) is 6.09. The summed E-state index contributed by atoms with van der Waals surface area (Å²) in [5.74, 6) is -0.0189. The fourth-order valence-electron chi connectivity index (χ4n) is 2.20. The van der Waals surface area contributed by atoms with Crippen molar-refractivity contribution in [3.05, 3.63) is 29.3 Å². The van der Waals surface area contributed by atoms with Gasteiger partial charge in [-0.1, -0.05) is 12.1 Å². The van der Waals surface area contributed by atoms with Crippen molar-refractivity contribution in [3.8, 4) is 6.07 Å². The number of hydrogen-bond donors (Lipinski definition) is 2. The molecule has 4 nitrogen and oxygen atoms in total. The lowest BCUT2D eigenvalue weighted by atomic mass is 9.88. The molecule has 1 fully saturated rings. The first kappa shape index (κ1) is 12.6. The topological polar surface area (TPSA) is 64.9 Å². The van der Waals surface area contributed by atoms with E-state index in [1.165, 1.54) is 0 Å². The summed E-state index contributed by atoms with van der Waals surface area (Å²) < 4.78 is 0. The van der Waals surface area contributed by atoms with Gasteiger partial charge in [-0.05, 0) is 38.4 Å². The number of carbonyl (C=O) groups excluding carboxylic acids is 1. The summed E-state index contributed by atoms with van der Waals surface area (Å²) in [6.45, 7) is 5.37. The Morgan fingerprint density at radius 2 is 2.33 bits per heavy atom. The van der Waals surface area contributed by atoms with Gasteiger partial charge in [-0.15, -0.1) is 0 Å². The van der Waals surface area contributed by atoms with Crippen LogP contribution in [-0.4, -0.2) is 19.0 Å². The van der Waals surface area contributed by atoms with Crippen LogP contribution in [0.5, 0.6) is 0 Å². The highest BCUT2D eigenvalue weighted by atomic mass is 16.2. The number of amides is 1. The molecule has 0 aromatic heterocycles. The molecule has 0 radical (unpaired) electrons. The van der Waals surface area contributed by atoms with E-state index in [0.717, 1.165) is 18.5 Å². The summed E-state index contributed by atoms with van der Waals surface area (Å²) in [5, 5.41) is 15.2. The first-order valence-electron chi connectivity index (χ1n) is 6.09. The quantitative estimate of drug-likeness (QED) is 0.832. The first-order chi connectivity index (χ1) is 8.57. The summed E-state index contributed by atoms with van der Waals surface area (Å²) in [4.78, 5) is 12.3. The van der Waals surface area contributed by atoms with Crippen molar-refractivity contribution in [2.45, 2.75) is 20.3 Å². The van der Waals surface area contributed by atoms with Crippen LogP contribution >= 0.6 is 0 Å². The van der Waals surface area contributed by atoms with E-state index in [1.54, 1.807) is 6.07 Å². The minimum absolute atomic E-state index is 0.0189. The summed E-state index contributed by atoms with van der Waals surface area (Å²) in [7, 11) is 0. The average Bonchev–Trinajstić information content (AvgIpc) is 2.78. The Labute approximate surface area is 107 Å². The van der Waals surface area contributed by atoms with Crippen molar-refractivity contribution >= 4 is 11.6 Å². The molecule has 1 aliphatic heterocycles. The third-order valence-electron chi connectivity index (χ3n) is 3.55. The van der Waals surface area contributed by atoms with Gasteiger partial charge in [-0.25, -0.2) is 0 Å². The van der Waals surface area contributed by atoms with Crippen LogP contribution in [0, 0.1) is 23.7 Å². The molecule has 2 N–H and O–H groups in total. The lowest BCUT2D eigenvalue weighted by molar-refractivity contribution is -0.123. The molecule has 1 aromatic carbocycles. The molecule has 1 aromatic rings. The molecule has 2 rings (SSSR count). The number of rotatable bonds is 2. The van der Waals surface area contributed by atoms with Gasteiger partial charge in [0.15, 0.2) is 0 Å². The number of anilines is 1. The summed E-state index contributed by atoms with van der Waals surface area (Å²) in [5.41, 5.74) is 1.65. The molecule has 0 bridgehead atoms. The van der Waals surface area contributed by atoms with Crippen molar-refractivity contribution in [2.24, 2.45) is 5.41 Å². The molecule has 94 valence electrons. The van der Waals surface area contributed by atoms with Crippen LogP contribution in [0.4, 0.5) is 5.69 Å². The lowest BCUT2D eigenvalue weighted by Crippen LogP contribution is -2.35. The molecule has 4 heteroatoms. The minimum atomic E-state index is -0.379. The maximum atomic E-state index is 12.3. The second-order valence-corrected chi connectivity index (χ2v) is 5.05. The molecule has 1 amide bonds. The van der Waals surface area contributed by atoms with Crippen molar-refractivity contribution < 1.29 is 4.79 Å². The van der Waals surface area contributed by atoms with Crippen LogP contribution in [0.1, 0.15) is 24.5 Å². The molecular formula is C14H17N3O. The van der Waals surface area contributed by atoms with E-state index in [0.29, 0.717) is 17.8 Å². The predicted octanol–water partition coefficient (Wildman–Crippen LogP) is 1.80. The van der Waals surface area contributed by atoms with Crippen LogP contribution < -0.4 is 10.6 Å². The maximum absolute atomic E-state index is 12.3. The Hall–Kier alpha value is -1.86. The van der Waals surface area contributed by atoms with Gasteiger partial charge in [0.2, 0.25) is 5.91 Å². The van der Waals surface area contributed by atoms with Crippen molar-refractivity contribution in [1.29, 1.82) is 5.26 Å². The Morgan fingerprint density at radius 3 is 2.94 bits per heavy atom. The second kappa shape index (κ2) is 4.79. The molecule has 18 heavy (non-hydrogen) atoms. The van der Waals surface area contributed by atoms with E-state index in [2.05, 4.69) is 16.7 Å². The van der Waals surface area contributed by atoms with Gasteiger partial charge in [0.25, 0.3) is 0 Å². The number of aryl methyl sites for hydroxylation is 1. The van der Waals surface area contributed by atoms with E-state index in [4.69, 9.17) is 5.26 Å². The molecule has 0 aliphatic carbocycles. The molecular weight excluding hydrogens is 226 g/mol. The number of hydrogen-bond acceptors (Lipinski definition) is 3. The van der Waals surface area contributed by atoms with Gasteiger partial charge in [0, 0.05) is 6.54 Å². The molecule has 1 saturated heterocycles. The van der Waals surface area contributed by atoms with E-state index >= 15 is 0 Å². The number of nitrogens with one attached hydrogen (secondary N) is 2. The number of benzene rings is 1. The monoisotopic (exact) mass is 243 g/mol. The van der Waals surface area contributed by atoms with E-state index in [9.17, 15) is 4.79 Å². The maximum Gasteiger partial charge on any atom is 0.231 e. The fraction of sp³-hybridized carbons (Fsp3) is 0.429.